The van der Waals surface area contributed by atoms with Gasteiger partial charge in [0.15, 0.2) is 0 Å². The molecule has 0 aliphatic rings. The van der Waals surface area contributed by atoms with E-state index in [4.69, 9.17) is 0 Å². The second-order valence-corrected chi connectivity index (χ2v) is 6.19. The normalized spacial score (nSPS) is 10.6. The minimum Gasteiger partial charge on any atom is -0.356 e. The van der Waals surface area contributed by atoms with Gasteiger partial charge in [0.2, 0.25) is 5.91 Å². The Balaban J connectivity index is 2.59. The van der Waals surface area contributed by atoms with E-state index < -0.39 is 0 Å². The van der Waals surface area contributed by atoms with Gasteiger partial charge in [-0.2, -0.15) is 0 Å². The standard InChI is InChI=1S/C12H15BrINO/c1-8(2)7-15-12(16)6-9-5-10(13)3-4-11(9)14/h3-5,8H,6-7H2,1-2H3,(H,15,16). The molecule has 1 N–H and O–H groups in total. The summed E-state index contributed by atoms with van der Waals surface area (Å²) in [5, 5.41) is 2.92. The van der Waals surface area contributed by atoms with Crippen LogP contribution in [-0.2, 0) is 11.2 Å². The van der Waals surface area contributed by atoms with Crippen molar-refractivity contribution in [1.29, 1.82) is 0 Å². The first-order valence-corrected chi connectivity index (χ1v) is 7.07. The molecule has 0 fully saturated rings. The molecule has 1 rings (SSSR count). The summed E-state index contributed by atoms with van der Waals surface area (Å²) >= 11 is 5.66. The van der Waals surface area contributed by atoms with E-state index in [0.717, 1.165) is 20.2 Å². The molecule has 0 saturated carbocycles. The van der Waals surface area contributed by atoms with Crippen molar-refractivity contribution in [3.8, 4) is 0 Å². The van der Waals surface area contributed by atoms with Crippen LogP contribution in [0.5, 0.6) is 0 Å². The van der Waals surface area contributed by atoms with E-state index >= 15 is 0 Å². The van der Waals surface area contributed by atoms with Crippen molar-refractivity contribution in [2.45, 2.75) is 20.3 Å². The van der Waals surface area contributed by atoms with Gasteiger partial charge in [-0.15, -0.1) is 0 Å². The lowest BCUT2D eigenvalue weighted by Gasteiger charge is -2.09. The van der Waals surface area contributed by atoms with E-state index in [2.05, 4.69) is 57.7 Å². The number of carbonyl (C=O) groups excluding carboxylic acids is 1. The highest BCUT2D eigenvalue weighted by atomic mass is 127. The second kappa shape index (κ2) is 6.59. The first-order valence-electron chi connectivity index (χ1n) is 5.19. The molecule has 0 radical (unpaired) electrons. The first-order chi connectivity index (χ1) is 7.49. The van der Waals surface area contributed by atoms with Gasteiger partial charge in [0, 0.05) is 14.6 Å². The molecule has 0 spiro atoms. The number of carbonyl (C=O) groups is 1. The van der Waals surface area contributed by atoms with Crippen LogP contribution in [-0.4, -0.2) is 12.5 Å². The van der Waals surface area contributed by atoms with Gasteiger partial charge in [-0.1, -0.05) is 29.8 Å². The van der Waals surface area contributed by atoms with E-state index in [1.807, 2.05) is 18.2 Å². The van der Waals surface area contributed by atoms with E-state index in [9.17, 15) is 4.79 Å². The van der Waals surface area contributed by atoms with Crippen LogP contribution in [0.15, 0.2) is 22.7 Å². The van der Waals surface area contributed by atoms with Crippen molar-refractivity contribution < 1.29 is 4.79 Å². The molecule has 0 aliphatic heterocycles. The van der Waals surface area contributed by atoms with Gasteiger partial charge >= 0.3 is 0 Å². The summed E-state index contributed by atoms with van der Waals surface area (Å²) in [6.45, 7) is 4.91. The molecular weight excluding hydrogens is 381 g/mol. The van der Waals surface area contributed by atoms with Crippen LogP contribution in [0.2, 0.25) is 0 Å². The Morgan fingerprint density at radius 2 is 2.19 bits per heavy atom. The number of nitrogens with one attached hydrogen (secondary N) is 1. The van der Waals surface area contributed by atoms with Gasteiger partial charge in [0.25, 0.3) is 0 Å². The Hall–Kier alpha value is -0.100. The van der Waals surface area contributed by atoms with Crippen LogP contribution in [0.3, 0.4) is 0 Å². The second-order valence-electron chi connectivity index (χ2n) is 4.11. The van der Waals surface area contributed by atoms with Gasteiger partial charge < -0.3 is 5.32 Å². The lowest BCUT2D eigenvalue weighted by Crippen LogP contribution is -2.28. The maximum absolute atomic E-state index is 11.7. The SMILES string of the molecule is CC(C)CNC(=O)Cc1cc(Br)ccc1I. The molecule has 88 valence electrons. The minimum atomic E-state index is 0.0877. The summed E-state index contributed by atoms with van der Waals surface area (Å²) in [6.07, 6.45) is 0.449. The van der Waals surface area contributed by atoms with Crippen molar-refractivity contribution in [2.75, 3.05) is 6.54 Å². The largest absolute Gasteiger partial charge is 0.356 e. The Kier molecular flexibility index (Phi) is 5.75. The Bertz CT molecular complexity index is 379. The number of benzene rings is 1. The molecule has 1 aromatic rings. The highest BCUT2D eigenvalue weighted by molar-refractivity contribution is 14.1. The molecule has 0 unspecified atom stereocenters. The van der Waals surface area contributed by atoms with Crippen LogP contribution in [0.4, 0.5) is 0 Å². The van der Waals surface area contributed by atoms with Crippen LogP contribution < -0.4 is 5.32 Å². The predicted octanol–water partition coefficient (Wildman–Crippen LogP) is 3.37. The van der Waals surface area contributed by atoms with Crippen molar-refractivity contribution in [2.24, 2.45) is 5.92 Å². The summed E-state index contributed by atoms with van der Waals surface area (Å²) in [5.74, 6) is 0.579. The van der Waals surface area contributed by atoms with Gasteiger partial charge in [-0.05, 0) is 52.3 Å². The maximum Gasteiger partial charge on any atom is 0.224 e. The lowest BCUT2D eigenvalue weighted by atomic mass is 10.1. The number of halogens is 2. The van der Waals surface area contributed by atoms with Crippen molar-refractivity contribution in [3.63, 3.8) is 0 Å². The smallest absolute Gasteiger partial charge is 0.224 e. The van der Waals surface area contributed by atoms with Crippen molar-refractivity contribution >= 4 is 44.4 Å². The molecule has 1 aromatic carbocycles. The van der Waals surface area contributed by atoms with Gasteiger partial charge in [0.05, 0.1) is 6.42 Å². The Morgan fingerprint density at radius 1 is 1.50 bits per heavy atom. The Labute approximate surface area is 118 Å². The van der Waals surface area contributed by atoms with E-state index in [-0.39, 0.29) is 5.91 Å². The quantitative estimate of drug-likeness (QED) is 0.778. The molecule has 0 atom stereocenters. The summed E-state index contributed by atoms with van der Waals surface area (Å²) in [5.41, 5.74) is 1.07. The molecule has 16 heavy (non-hydrogen) atoms. The number of hydrogen-bond donors (Lipinski definition) is 1. The van der Waals surface area contributed by atoms with Crippen LogP contribution in [0, 0.1) is 9.49 Å². The predicted molar refractivity (Wildman–Crippen MR) is 78.4 cm³/mol. The first kappa shape index (κ1) is 14.0. The number of amides is 1. The average Bonchev–Trinajstić information content (AvgIpc) is 2.20. The summed E-state index contributed by atoms with van der Waals surface area (Å²) in [6, 6.07) is 5.99. The third-order valence-corrected chi connectivity index (χ3v) is 3.61. The molecule has 1 amide bonds. The van der Waals surface area contributed by atoms with E-state index in [1.54, 1.807) is 0 Å². The van der Waals surface area contributed by atoms with Gasteiger partial charge in [-0.25, -0.2) is 0 Å². The molecule has 4 heteroatoms. The Morgan fingerprint density at radius 3 is 2.81 bits per heavy atom. The fraction of sp³-hybridized carbons (Fsp3) is 0.417. The average molecular weight is 396 g/mol. The number of rotatable bonds is 4. The highest BCUT2D eigenvalue weighted by Gasteiger charge is 2.07. The monoisotopic (exact) mass is 395 g/mol. The van der Waals surface area contributed by atoms with Crippen LogP contribution in [0.25, 0.3) is 0 Å². The lowest BCUT2D eigenvalue weighted by molar-refractivity contribution is -0.120. The van der Waals surface area contributed by atoms with Crippen molar-refractivity contribution in [1.82, 2.24) is 5.32 Å². The summed E-state index contributed by atoms with van der Waals surface area (Å²) in [4.78, 5) is 11.7. The molecule has 0 saturated heterocycles. The topological polar surface area (TPSA) is 29.1 Å². The third kappa shape index (κ3) is 4.82. The third-order valence-electron chi connectivity index (χ3n) is 2.07. The minimum absolute atomic E-state index is 0.0877. The maximum atomic E-state index is 11.7. The zero-order chi connectivity index (χ0) is 12.1. The molecule has 0 bridgehead atoms. The molecule has 0 aliphatic carbocycles. The van der Waals surface area contributed by atoms with Crippen LogP contribution >= 0.6 is 38.5 Å². The fourth-order valence-electron chi connectivity index (χ4n) is 1.23. The number of hydrogen-bond acceptors (Lipinski definition) is 1. The van der Waals surface area contributed by atoms with Gasteiger partial charge in [0.1, 0.15) is 0 Å². The van der Waals surface area contributed by atoms with E-state index in [0.29, 0.717) is 12.3 Å². The highest BCUT2D eigenvalue weighted by Crippen LogP contribution is 2.18. The molecule has 0 heterocycles. The zero-order valence-corrected chi connectivity index (χ0v) is 13.1. The fourth-order valence-corrected chi connectivity index (χ4v) is 2.17. The van der Waals surface area contributed by atoms with Crippen molar-refractivity contribution in [3.05, 3.63) is 31.8 Å². The summed E-state index contributed by atoms with van der Waals surface area (Å²) in [7, 11) is 0. The molecule has 2 nitrogen and oxygen atoms in total. The van der Waals surface area contributed by atoms with Gasteiger partial charge in [-0.3, -0.25) is 4.79 Å². The molecular formula is C12H15BrINO. The van der Waals surface area contributed by atoms with Crippen LogP contribution in [0.1, 0.15) is 19.4 Å². The molecule has 0 aromatic heterocycles. The van der Waals surface area contributed by atoms with E-state index in [1.165, 1.54) is 0 Å². The zero-order valence-electron chi connectivity index (χ0n) is 9.39. The summed E-state index contributed by atoms with van der Waals surface area (Å²) < 4.78 is 2.14.